The number of thioether (sulfide) groups is 1. The van der Waals surface area contributed by atoms with Crippen LogP contribution in [0.2, 0.25) is 0 Å². The number of piperidine rings is 1. The smallest absolute Gasteiger partial charge is 0.263 e. The molecule has 2 saturated heterocycles. The van der Waals surface area contributed by atoms with Gasteiger partial charge < -0.3 is 16.4 Å². The van der Waals surface area contributed by atoms with Crippen LogP contribution in [0, 0.1) is 17.8 Å². The minimum atomic E-state index is -2.59. The van der Waals surface area contributed by atoms with Crippen molar-refractivity contribution in [3.05, 3.63) is 29.8 Å². The third kappa shape index (κ3) is 8.46. The molecule has 4 N–H and O–H groups in total. The molecule has 0 bridgehead atoms. The molecule has 4 rings (SSSR count). The first-order valence-electron chi connectivity index (χ1n) is 11.8. The number of carbonyl (C=O) groups is 2. The zero-order valence-corrected chi connectivity index (χ0v) is 21.3. The Morgan fingerprint density at radius 2 is 1.71 bits per heavy atom. The molecule has 34 heavy (non-hydrogen) atoms. The fourth-order valence-electron chi connectivity index (χ4n) is 4.54. The number of halogens is 3. The summed E-state index contributed by atoms with van der Waals surface area (Å²) in [6.07, 6.45) is -0.0975. The van der Waals surface area contributed by atoms with Gasteiger partial charge in [-0.1, -0.05) is 26.0 Å². The Hall–Kier alpha value is -1.78. The summed E-state index contributed by atoms with van der Waals surface area (Å²) < 4.78 is 34.9. The van der Waals surface area contributed by atoms with Gasteiger partial charge in [0.25, 0.3) is 6.43 Å². The number of anilines is 1. The molecule has 2 amide bonds. The maximum absolute atomic E-state index is 12.7. The Kier molecular flexibility index (Phi) is 14.2. The van der Waals surface area contributed by atoms with Crippen LogP contribution >= 0.6 is 11.8 Å². The molecule has 1 aromatic rings. The van der Waals surface area contributed by atoms with E-state index >= 15 is 0 Å². The highest BCUT2D eigenvalue weighted by Crippen LogP contribution is 2.52. The van der Waals surface area contributed by atoms with Crippen molar-refractivity contribution in [1.29, 1.82) is 0 Å². The second-order valence-corrected chi connectivity index (χ2v) is 9.07. The molecule has 3 aliphatic rings. The van der Waals surface area contributed by atoms with Gasteiger partial charge in [0.05, 0.1) is 13.7 Å². The Morgan fingerprint density at radius 3 is 2.26 bits per heavy atom. The fourth-order valence-corrected chi connectivity index (χ4v) is 5.62. The molecule has 1 saturated carbocycles. The summed E-state index contributed by atoms with van der Waals surface area (Å²) in [4.78, 5) is 27.0. The molecule has 3 fully saturated rings. The molecule has 2 atom stereocenters. The van der Waals surface area contributed by atoms with Crippen LogP contribution in [-0.4, -0.2) is 68.1 Å². The van der Waals surface area contributed by atoms with E-state index in [1.165, 1.54) is 49.6 Å². The van der Waals surface area contributed by atoms with Crippen LogP contribution in [0.1, 0.15) is 38.7 Å². The van der Waals surface area contributed by atoms with Crippen molar-refractivity contribution in [2.45, 2.75) is 39.2 Å². The summed E-state index contributed by atoms with van der Waals surface area (Å²) >= 11 is 2.02. The molecule has 2 aliphatic heterocycles. The number of carbonyl (C=O) groups excluding carboxylic acids is 2. The van der Waals surface area contributed by atoms with Gasteiger partial charge in [-0.3, -0.25) is 18.9 Å². The highest BCUT2D eigenvalue weighted by molar-refractivity contribution is 7.99. The number of alkyl halides is 3. The number of likely N-dealkylation sites (tertiary alicyclic amines) is 1. The van der Waals surface area contributed by atoms with Gasteiger partial charge >= 0.3 is 0 Å². The number of amides is 2. The SMILES string of the molecule is CC.CF.CN.O=C(CNC(=O)C1C2CN(C3CCSCC3)CC21)Nc1cccc(C(F)F)c1. The van der Waals surface area contributed by atoms with Gasteiger partial charge in [-0.25, -0.2) is 8.78 Å². The van der Waals surface area contributed by atoms with Gasteiger partial charge in [-0.15, -0.1) is 0 Å². The van der Waals surface area contributed by atoms with Gasteiger partial charge in [-0.05, 0) is 55.4 Å². The number of nitrogens with one attached hydrogen (secondary N) is 2. The molecule has 2 heterocycles. The molecule has 2 unspecified atom stereocenters. The molecule has 0 radical (unpaired) electrons. The average molecular weight is 505 g/mol. The van der Waals surface area contributed by atoms with Crippen LogP contribution in [-0.2, 0) is 9.59 Å². The Labute approximate surface area is 205 Å². The van der Waals surface area contributed by atoms with Crippen molar-refractivity contribution in [2.24, 2.45) is 23.5 Å². The molecule has 194 valence electrons. The number of benzene rings is 1. The van der Waals surface area contributed by atoms with Gasteiger partial charge in [0.1, 0.15) is 0 Å². The normalized spacial score (nSPS) is 23.1. The lowest BCUT2D eigenvalue weighted by atomic mass is 10.1. The fraction of sp³-hybridized carbons (Fsp3) is 0.667. The topological polar surface area (TPSA) is 87.5 Å². The van der Waals surface area contributed by atoms with E-state index in [0.29, 0.717) is 30.7 Å². The molecule has 0 aromatic heterocycles. The van der Waals surface area contributed by atoms with E-state index in [4.69, 9.17) is 0 Å². The summed E-state index contributed by atoms with van der Waals surface area (Å²) in [5, 5.41) is 5.26. The number of nitrogens with zero attached hydrogens (tertiary/aromatic N) is 1. The first-order valence-corrected chi connectivity index (χ1v) is 12.9. The van der Waals surface area contributed by atoms with Gasteiger partial charge in [0, 0.05) is 36.3 Å². The van der Waals surface area contributed by atoms with E-state index in [9.17, 15) is 22.8 Å². The molecular weight excluding hydrogens is 465 g/mol. The number of hydrogen-bond acceptors (Lipinski definition) is 5. The summed E-state index contributed by atoms with van der Waals surface area (Å²) in [5.41, 5.74) is 4.66. The van der Waals surface area contributed by atoms with Crippen molar-refractivity contribution >= 4 is 29.3 Å². The zero-order valence-electron chi connectivity index (χ0n) is 20.5. The van der Waals surface area contributed by atoms with Gasteiger partial charge in [-0.2, -0.15) is 11.8 Å². The quantitative estimate of drug-likeness (QED) is 0.546. The minimum Gasteiger partial charge on any atom is -0.347 e. The van der Waals surface area contributed by atoms with E-state index in [2.05, 4.69) is 21.3 Å². The van der Waals surface area contributed by atoms with Crippen molar-refractivity contribution in [1.82, 2.24) is 10.2 Å². The second-order valence-electron chi connectivity index (χ2n) is 7.84. The minimum absolute atomic E-state index is 0.0178. The van der Waals surface area contributed by atoms with Crippen LogP contribution in [0.25, 0.3) is 0 Å². The van der Waals surface area contributed by atoms with E-state index in [1.54, 1.807) is 6.07 Å². The molecule has 10 heteroatoms. The third-order valence-electron chi connectivity index (χ3n) is 6.08. The van der Waals surface area contributed by atoms with Crippen LogP contribution in [0.4, 0.5) is 18.9 Å². The van der Waals surface area contributed by atoms with Crippen molar-refractivity contribution in [3.63, 3.8) is 0 Å². The van der Waals surface area contributed by atoms with Crippen molar-refractivity contribution < 1.29 is 22.8 Å². The highest BCUT2D eigenvalue weighted by atomic mass is 32.2. The zero-order chi connectivity index (χ0) is 25.7. The highest BCUT2D eigenvalue weighted by Gasteiger charge is 2.59. The first-order chi connectivity index (χ1) is 16.5. The molecule has 1 aliphatic carbocycles. The first kappa shape index (κ1) is 30.3. The van der Waals surface area contributed by atoms with Crippen LogP contribution < -0.4 is 16.4 Å². The van der Waals surface area contributed by atoms with E-state index in [-0.39, 0.29) is 23.9 Å². The van der Waals surface area contributed by atoms with E-state index in [1.807, 2.05) is 25.6 Å². The Morgan fingerprint density at radius 1 is 1.12 bits per heavy atom. The molecule has 6 nitrogen and oxygen atoms in total. The Bertz CT molecular complexity index is 739. The lowest BCUT2D eigenvalue weighted by Gasteiger charge is -2.32. The van der Waals surface area contributed by atoms with Gasteiger partial charge in [0.2, 0.25) is 11.8 Å². The van der Waals surface area contributed by atoms with Crippen LogP contribution in [0.15, 0.2) is 24.3 Å². The number of fused-ring (bicyclic) bond motifs is 1. The molecule has 1 aromatic carbocycles. The molecule has 0 spiro atoms. The monoisotopic (exact) mass is 504 g/mol. The summed E-state index contributed by atoms with van der Waals surface area (Å²) in [6.45, 7) is 5.84. The average Bonchev–Trinajstić information content (AvgIpc) is 3.40. The largest absolute Gasteiger partial charge is 0.347 e. The predicted octanol–water partition coefficient (Wildman–Crippen LogP) is 3.94. The van der Waals surface area contributed by atoms with Gasteiger partial charge in [0.15, 0.2) is 0 Å². The third-order valence-corrected chi connectivity index (χ3v) is 7.13. The van der Waals surface area contributed by atoms with Crippen molar-refractivity contribution in [2.75, 3.05) is 50.7 Å². The number of hydrogen-bond donors (Lipinski definition) is 3. The van der Waals surface area contributed by atoms with Crippen molar-refractivity contribution in [3.8, 4) is 0 Å². The summed E-state index contributed by atoms with van der Waals surface area (Å²) in [7, 11) is 2.00. The predicted molar refractivity (Wildman–Crippen MR) is 134 cm³/mol. The lowest BCUT2D eigenvalue weighted by molar-refractivity contribution is -0.125. The number of nitrogens with two attached hydrogens (primary N) is 1. The standard InChI is InChI=1S/C20H25F2N3O2S.C2H6.CH3F.CH5N/c21-19(22)12-2-1-3-13(8-12)24-17(26)9-23-20(27)18-15-10-25(11-16(15)18)14-4-6-28-7-5-14;3*1-2/h1-3,8,14-16,18-19H,4-7,9-11H2,(H,23,27)(H,24,26);1-2H3;1H3;2H2,1H3. The van der Waals surface area contributed by atoms with Crippen LogP contribution in [0.5, 0.6) is 0 Å². The summed E-state index contributed by atoms with van der Waals surface area (Å²) in [5.74, 6) is 2.84. The number of rotatable bonds is 6. The maximum atomic E-state index is 12.7. The Balaban J connectivity index is 0.000000894. The molecular formula is C24H39F3N4O2S. The second kappa shape index (κ2) is 16.0. The summed E-state index contributed by atoms with van der Waals surface area (Å²) in [6, 6.07) is 6.25. The van der Waals surface area contributed by atoms with E-state index < -0.39 is 12.3 Å². The maximum Gasteiger partial charge on any atom is 0.263 e. The lowest BCUT2D eigenvalue weighted by Crippen LogP contribution is -2.40. The van der Waals surface area contributed by atoms with Crippen LogP contribution in [0.3, 0.4) is 0 Å². The van der Waals surface area contributed by atoms with E-state index in [0.717, 1.165) is 13.1 Å².